The van der Waals surface area contributed by atoms with Crippen molar-refractivity contribution in [2.75, 3.05) is 5.32 Å². The lowest BCUT2D eigenvalue weighted by atomic mass is 10.1. The lowest BCUT2D eigenvalue weighted by molar-refractivity contribution is -0.117. The summed E-state index contributed by atoms with van der Waals surface area (Å²) in [5.41, 5.74) is 0.267. The Balaban J connectivity index is 1.75. The Morgan fingerprint density at radius 1 is 1.04 bits per heavy atom. The summed E-state index contributed by atoms with van der Waals surface area (Å²) < 4.78 is 40.7. The highest BCUT2D eigenvalue weighted by atomic mass is 35.5. The Hall–Kier alpha value is -2.48. The van der Waals surface area contributed by atoms with Crippen LogP contribution in [0.5, 0.6) is 0 Å². The van der Waals surface area contributed by atoms with Crippen molar-refractivity contribution in [2.24, 2.45) is 0 Å². The highest BCUT2D eigenvalue weighted by Gasteiger charge is 2.22. The van der Waals surface area contributed by atoms with E-state index in [0.717, 1.165) is 16.8 Å². The topological polar surface area (TPSA) is 75.3 Å². The Morgan fingerprint density at radius 2 is 1.74 bits per heavy atom. The van der Waals surface area contributed by atoms with Gasteiger partial charge in [0.25, 0.3) is 0 Å². The van der Waals surface area contributed by atoms with Crippen LogP contribution in [0.25, 0.3) is 10.8 Å². The molecule has 0 aromatic heterocycles. The molecule has 0 spiro atoms. The van der Waals surface area contributed by atoms with Gasteiger partial charge in [-0.3, -0.25) is 4.79 Å². The van der Waals surface area contributed by atoms with E-state index in [1.807, 2.05) is 24.3 Å². The number of amides is 1. The molecule has 0 fully saturated rings. The van der Waals surface area contributed by atoms with E-state index >= 15 is 0 Å². The molecule has 8 heteroatoms. The number of carbonyl (C=O) groups is 1. The summed E-state index contributed by atoms with van der Waals surface area (Å²) in [6.45, 7) is 1.42. The van der Waals surface area contributed by atoms with Crippen LogP contribution in [0.4, 0.5) is 10.1 Å². The van der Waals surface area contributed by atoms with Crippen LogP contribution in [-0.2, 0) is 14.8 Å². The van der Waals surface area contributed by atoms with E-state index in [-0.39, 0.29) is 15.6 Å². The molecule has 0 radical (unpaired) electrons. The van der Waals surface area contributed by atoms with Gasteiger partial charge in [-0.1, -0.05) is 41.9 Å². The van der Waals surface area contributed by atoms with Crippen molar-refractivity contribution in [2.45, 2.75) is 17.9 Å². The molecule has 1 amide bonds. The molecule has 2 N–H and O–H groups in total. The van der Waals surface area contributed by atoms with Gasteiger partial charge in [0.1, 0.15) is 5.82 Å². The summed E-state index contributed by atoms with van der Waals surface area (Å²) in [7, 11) is -3.90. The van der Waals surface area contributed by atoms with Gasteiger partial charge in [-0.05, 0) is 48.0 Å². The maximum absolute atomic E-state index is 13.2. The monoisotopic (exact) mass is 406 g/mol. The first-order valence-electron chi connectivity index (χ1n) is 8.03. The van der Waals surface area contributed by atoms with E-state index in [9.17, 15) is 17.6 Å². The van der Waals surface area contributed by atoms with Gasteiger partial charge in [0.15, 0.2) is 0 Å². The van der Waals surface area contributed by atoms with Crippen molar-refractivity contribution in [1.29, 1.82) is 0 Å². The number of fused-ring (bicyclic) bond motifs is 1. The molecule has 0 unspecified atom stereocenters. The number of carbonyl (C=O) groups excluding carboxylic acids is 1. The van der Waals surface area contributed by atoms with Crippen LogP contribution in [0.3, 0.4) is 0 Å². The van der Waals surface area contributed by atoms with Gasteiger partial charge in [0.05, 0.1) is 16.0 Å². The zero-order chi connectivity index (χ0) is 19.6. The number of anilines is 1. The van der Waals surface area contributed by atoms with E-state index in [1.165, 1.54) is 25.1 Å². The minimum absolute atomic E-state index is 0.0608. The molecular formula is C19H16ClFN2O3S. The van der Waals surface area contributed by atoms with Crippen LogP contribution >= 0.6 is 11.6 Å². The molecule has 0 saturated carbocycles. The standard InChI is InChI=1S/C19H16ClFN2O3S/c1-12(19(24)22-15-7-9-18(21)17(20)11-15)23-27(25,26)16-8-6-13-4-2-3-5-14(13)10-16/h2-12,23H,1H3,(H,22,24)/t12-/m1/s1. The number of rotatable bonds is 5. The SMILES string of the molecule is C[C@@H](NS(=O)(=O)c1ccc2ccccc2c1)C(=O)Nc1ccc(F)c(Cl)c1. The number of nitrogens with one attached hydrogen (secondary N) is 2. The molecule has 0 saturated heterocycles. The van der Waals surface area contributed by atoms with Crippen LogP contribution in [-0.4, -0.2) is 20.4 Å². The van der Waals surface area contributed by atoms with Crippen molar-refractivity contribution in [3.8, 4) is 0 Å². The summed E-state index contributed by atoms with van der Waals surface area (Å²) in [4.78, 5) is 12.3. The minimum Gasteiger partial charge on any atom is -0.325 e. The second-order valence-corrected chi connectivity index (χ2v) is 8.09. The average molecular weight is 407 g/mol. The highest BCUT2D eigenvalue weighted by molar-refractivity contribution is 7.89. The fourth-order valence-electron chi connectivity index (χ4n) is 2.51. The van der Waals surface area contributed by atoms with E-state index in [4.69, 9.17) is 11.6 Å². The Bertz CT molecular complexity index is 1120. The van der Waals surface area contributed by atoms with Crippen molar-refractivity contribution in [1.82, 2.24) is 4.72 Å². The molecule has 3 aromatic rings. The zero-order valence-electron chi connectivity index (χ0n) is 14.2. The van der Waals surface area contributed by atoms with Crippen LogP contribution in [0, 0.1) is 5.82 Å². The normalized spacial score (nSPS) is 12.7. The zero-order valence-corrected chi connectivity index (χ0v) is 15.8. The molecule has 0 heterocycles. The number of hydrogen-bond acceptors (Lipinski definition) is 3. The van der Waals surface area contributed by atoms with Gasteiger partial charge in [-0.25, -0.2) is 12.8 Å². The van der Waals surface area contributed by atoms with E-state index < -0.39 is 27.8 Å². The lowest BCUT2D eigenvalue weighted by Gasteiger charge is -2.15. The van der Waals surface area contributed by atoms with E-state index in [1.54, 1.807) is 12.1 Å². The first kappa shape index (κ1) is 19.3. The molecule has 0 aliphatic rings. The summed E-state index contributed by atoms with van der Waals surface area (Å²) in [5, 5.41) is 4.04. The Labute approximate surface area is 161 Å². The first-order chi connectivity index (χ1) is 12.8. The maximum atomic E-state index is 13.2. The predicted molar refractivity (Wildman–Crippen MR) is 104 cm³/mol. The quantitative estimate of drug-likeness (QED) is 0.674. The van der Waals surface area contributed by atoms with Crippen molar-refractivity contribution >= 4 is 44.0 Å². The highest BCUT2D eigenvalue weighted by Crippen LogP contribution is 2.21. The average Bonchev–Trinajstić information content (AvgIpc) is 2.64. The molecule has 27 heavy (non-hydrogen) atoms. The molecule has 3 aromatic carbocycles. The number of benzene rings is 3. The van der Waals surface area contributed by atoms with Gasteiger partial charge in [-0.2, -0.15) is 4.72 Å². The molecule has 5 nitrogen and oxygen atoms in total. The van der Waals surface area contributed by atoms with Crippen molar-refractivity contribution in [3.63, 3.8) is 0 Å². The van der Waals surface area contributed by atoms with Crippen LogP contribution in [0.15, 0.2) is 65.6 Å². The summed E-state index contributed by atoms with van der Waals surface area (Å²) in [5.74, 6) is -1.21. The first-order valence-corrected chi connectivity index (χ1v) is 9.89. The second-order valence-electron chi connectivity index (χ2n) is 5.97. The fourth-order valence-corrected chi connectivity index (χ4v) is 3.93. The third-order valence-electron chi connectivity index (χ3n) is 3.94. The molecule has 3 rings (SSSR count). The summed E-state index contributed by atoms with van der Waals surface area (Å²) in [6, 6.07) is 14.7. The van der Waals surface area contributed by atoms with Gasteiger partial charge in [-0.15, -0.1) is 0 Å². The molecule has 140 valence electrons. The van der Waals surface area contributed by atoms with Gasteiger partial charge < -0.3 is 5.32 Å². The minimum atomic E-state index is -3.90. The van der Waals surface area contributed by atoms with Gasteiger partial charge >= 0.3 is 0 Å². The summed E-state index contributed by atoms with van der Waals surface area (Å²) in [6.07, 6.45) is 0. The van der Waals surface area contributed by atoms with E-state index in [2.05, 4.69) is 10.0 Å². The largest absolute Gasteiger partial charge is 0.325 e. The van der Waals surface area contributed by atoms with E-state index in [0.29, 0.717) is 0 Å². The second kappa shape index (κ2) is 7.64. The van der Waals surface area contributed by atoms with Crippen molar-refractivity contribution in [3.05, 3.63) is 71.5 Å². The third kappa shape index (κ3) is 4.44. The predicted octanol–water partition coefficient (Wildman–Crippen LogP) is 3.94. The van der Waals surface area contributed by atoms with Crippen molar-refractivity contribution < 1.29 is 17.6 Å². The third-order valence-corrected chi connectivity index (χ3v) is 5.77. The Morgan fingerprint density at radius 3 is 2.44 bits per heavy atom. The molecule has 1 atom stereocenters. The molecule has 0 aliphatic carbocycles. The number of sulfonamides is 1. The number of halogens is 2. The molecule has 0 bridgehead atoms. The van der Waals surface area contributed by atoms with Gasteiger partial charge in [0, 0.05) is 5.69 Å². The maximum Gasteiger partial charge on any atom is 0.242 e. The smallest absolute Gasteiger partial charge is 0.242 e. The van der Waals surface area contributed by atoms with Crippen LogP contribution < -0.4 is 10.0 Å². The molecular weight excluding hydrogens is 391 g/mol. The van der Waals surface area contributed by atoms with Crippen LogP contribution in [0.2, 0.25) is 5.02 Å². The van der Waals surface area contributed by atoms with Gasteiger partial charge in [0.2, 0.25) is 15.9 Å². The van der Waals surface area contributed by atoms with Crippen LogP contribution in [0.1, 0.15) is 6.92 Å². The summed E-state index contributed by atoms with van der Waals surface area (Å²) >= 11 is 5.67. The lowest BCUT2D eigenvalue weighted by Crippen LogP contribution is -2.41. The fraction of sp³-hybridized carbons (Fsp3) is 0.105. The Kier molecular flexibility index (Phi) is 5.46. The number of hydrogen-bond donors (Lipinski definition) is 2. The molecule has 0 aliphatic heterocycles.